The highest BCUT2D eigenvalue weighted by Gasteiger charge is 2.54. The maximum Gasteiger partial charge on any atom is 0.301 e. The van der Waals surface area contributed by atoms with Crippen molar-refractivity contribution in [3.05, 3.63) is 101 Å². The monoisotopic (exact) mass is 1040 g/mol. The molecular formula is C55H76ClFN4O7Si3. The van der Waals surface area contributed by atoms with E-state index in [-0.39, 0.29) is 59.2 Å². The SMILES string of the molecule is CC(C)(C)[Si](C)(C)O[C@@H]1CO[C@H]2[C@@H]1OC[C@H]2Oc1nc2cc(Cl)c(N[C@H]3CCc4cc(O[C@H]5CC[C@@H](O[Si](c6ccccc6)(c6ccccc6)C(C)(C)C)CC5)cc(F)c43)nc2n1COCC[Si](C)(C)C. The van der Waals surface area contributed by atoms with Crippen LogP contribution in [0.1, 0.15) is 90.8 Å². The minimum Gasteiger partial charge on any atom is -0.490 e. The van der Waals surface area contributed by atoms with E-state index in [4.69, 9.17) is 54.1 Å². The van der Waals surface area contributed by atoms with Gasteiger partial charge in [0.1, 0.15) is 41.8 Å². The maximum atomic E-state index is 16.4. The highest BCUT2D eigenvalue weighted by atomic mass is 35.5. The van der Waals surface area contributed by atoms with Crippen LogP contribution in [0, 0.1) is 5.82 Å². The van der Waals surface area contributed by atoms with Crippen molar-refractivity contribution in [2.24, 2.45) is 0 Å². The largest absolute Gasteiger partial charge is 0.490 e. The van der Waals surface area contributed by atoms with Gasteiger partial charge < -0.3 is 37.9 Å². The molecule has 0 bridgehead atoms. The first-order chi connectivity index (χ1) is 33.6. The molecule has 0 unspecified atom stereocenters. The van der Waals surface area contributed by atoms with E-state index in [9.17, 15) is 0 Å². The van der Waals surface area contributed by atoms with E-state index in [1.807, 2.05) is 10.6 Å². The first-order valence-corrected chi connectivity index (χ1v) is 34.8. The fourth-order valence-electron chi connectivity index (χ4n) is 10.6. The fourth-order valence-corrected chi connectivity index (χ4v) is 17.7. The Labute approximate surface area is 429 Å². The summed E-state index contributed by atoms with van der Waals surface area (Å²) in [5.74, 6) is 0.715. The Morgan fingerprint density at radius 3 is 1.99 bits per heavy atom. The Morgan fingerprint density at radius 2 is 1.37 bits per heavy atom. The Hall–Kier alpha value is -3.65. The number of halogens is 2. The van der Waals surface area contributed by atoms with Gasteiger partial charge in [-0.1, -0.05) is 133 Å². The van der Waals surface area contributed by atoms with Gasteiger partial charge in [-0.3, -0.25) is 4.57 Å². The Kier molecular flexibility index (Phi) is 15.1. The molecule has 2 saturated heterocycles. The summed E-state index contributed by atoms with van der Waals surface area (Å²) in [5, 5.41) is 6.43. The summed E-state index contributed by atoms with van der Waals surface area (Å²) in [6.45, 7) is 26.7. The normalized spacial score (nSPS) is 24.0. The average Bonchev–Trinajstić information content (AvgIpc) is 4.09. The second-order valence-corrected chi connectivity index (χ2v) is 39.0. The van der Waals surface area contributed by atoms with Crippen molar-refractivity contribution in [2.75, 3.05) is 25.1 Å². The predicted octanol–water partition coefficient (Wildman–Crippen LogP) is 11.8. The van der Waals surface area contributed by atoms with E-state index in [2.05, 4.69) is 140 Å². The molecule has 2 aliphatic carbocycles. The van der Waals surface area contributed by atoms with E-state index >= 15 is 4.39 Å². The minimum absolute atomic E-state index is 0.0265. The van der Waals surface area contributed by atoms with Crippen LogP contribution in [0.25, 0.3) is 11.2 Å². The molecule has 0 amide bonds. The average molecular weight is 1040 g/mol. The van der Waals surface area contributed by atoms with E-state index in [1.54, 1.807) is 12.1 Å². The van der Waals surface area contributed by atoms with Crippen LogP contribution in [-0.2, 0) is 36.2 Å². The highest BCUT2D eigenvalue weighted by Crippen LogP contribution is 2.44. The van der Waals surface area contributed by atoms with Crippen LogP contribution in [0.2, 0.25) is 53.9 Å². The molecule has 1 saturated carbocycles. The minimum atomic E-state index is -2.68. The summed E-state index contributed by atoms with van der Waals surface area (Å²) < 4.78 is 64.7. The molecule has 2 aliphatic heterocycles. The molecule has 4 heterocycles. The summed E-state index contributed by atoms with van der Waals surface area (Å²) in [6, 6.07) is 28.0. The number of imidazole rings is 1. The number of nitrogens with zero attached hydrogens (tertiary/aromatic N) is 3. The number of fused-ring (bicyclic) bond motifs is 3. The summed E-state index contributed by atoms with van der Waals surface area (Å²) in [6.07, 6.45) is 3.75. The van der Waals surface area contributed by atoms with Gasteiger partial charge in [0.2, 0.25) is 0 Å². The van der Waals surface area contributed by atoms with Crippen molar-refractivity contribution in [3.63, 3.8) is 0 Å². The van der Waals surface area contributed by atoms with Crippen molar-refractivity contribution >= 4 is 63.7 Å². The molecule has 5 aromatic rings. The van der Waals surface area contributed by atoms with Crippen molar-refractivity contribution in [1.29, 1.82) is 0 Å². The molecule has 3 fully saturated rings. The quantitative estimate of drug-likeness (QED) is 0.0715. The molecule has 5 atom stereocenters. The van der Waals surface area contributed by atoms with Gasteiger partial charge in [0.05, 0.1) is 36.5 Å². The molecule has 4 aliphatic rings. The number of ether oxygens (including phenoxy) is 5. The maximum absolute atomic E-state index is 16.4. The van der Waals surface area contributed by atoms with Gasteiger partial charge in [0.25, 0.3) is 8.32 Å². The zero-order valence-electron chi connectivity index (χ0n) is 43.8. The van der Waals surface area contributed by atoms with Gasteiger partial charge in [-0.2, -0.15) is 4.98 Å². The third-order valence-electron chi connectivity index (χ3n) is 15.6. The number of benzene rings is 3. The first kappa shape index (κ1) is 52.2. The highest BCUT2D eigenvalue weighted by molar-refractivity contribution is 6.99. The summed E-state index contributed by atoms with van der Waals surface area (Å²) in [5.41, 5.74) is 2.66. The molecule has 9 rings (SSSR count). The van der Waals surface area contributed by atoms with Crippen LogP contribution in [0.3, 0.4) is 0 Å². The van der Waals surface area contributed by atoms with E-state index in [1.165, 1.54) is 10.4 Å². The predicted molar refractivity (Wildman–Crippen MR) is 289 cm³/mol. The van der Waals surface area contributed by atoms with Gasteiger partial charge in [-0.05, 0) is 95.8 Å². The molecule has 2 aromatic heterocycles. The van der Waals surface area contributed by atoms with E-state index in [0.29, 0.717) is 72.0 Å². The zero-order chi connectivity index (χ0) is 50.5. The molecule has 384 valence electrons. The zero-order valence-corrected chi connectivity index (χ0v) is 47.5. The second kappa shape index (κ2) is 20.6. The number of pyridine rings is 1. The molecule has 16 heteroatoms. The second-order valence-electron chi connectivity index (χ2n) is 24.0. The first-order valence-electron chi connectivity index (χ1n) is 25.9. The van der Waals surface area contributed by atoms with Crippen LogP contribution >= 0.6 is 11.6 Å². The Balaban J connectivity index is 0.882. The standard InChI is InChI=1S/C55H76ClFN4O7Si3/c1-54(2,3)70(10,11)68-47-34-64-49-46(33-63-50(47)49)66-53-59-45-32-42(56)51(60-52(45)61(53)35-62-28-29-69(7,8)9)58-44-27-22-36-30-39(31-43(57)48(36)44)65-37-23-25-38(26-24-37)67-71(55(4,5)6,40-18-14-12-15-19-40)41-20-16-13-17-21-41/h12-21,30-32,37-38,44,46-47,49-50H,22-29,33-35H2,1-11H3,(H,58,60)/t37-,38+,44-,46+,47+,49+,50+/m0/s1. The van der Waals surface area contributed by atoms with Crippen LogP contribution in [0.5, 0.6) is 11.8 Å². The van der Waals surface area contributed by atoms with Crippen molar-refractivity contribution in [1.82, 2.24) is 14.5 Å². The van der Waals surface area contributed by atoms with Crippen LogP contribution in [-0.4, -0.2) is 95.7 Å². The summed E-state index contributed by atoms with van der Waals surface area (Å²) >= 11 is 6.98. The van der Waals surface area contributed by atoms with E-state index in [0.717, 1.165) is 37.3 Å². The van der Waals surface area contributed by atoms with Gasteiger partial charge in [0, 0.05) is 32.4 Å². The van der Waals surface area contributed by atoms with Crippen molar-refractivity contribution in [3.8, 4) is 11.8 Å². The fraction of sp³-hybridized carbons (Fsp3) is 0.564. The molecule has 1 N–H and O–H groups in total. The van der Waals surface area contributed by atoms with Gasteiger partial charge in [-0.15, -0.1) is 0 Å². The Morgan fingerprint density at radius 1 is 0.746 bits per heavy atom. The topological polar surface area (TPSA) is 107 Å². The molecule has 0 spiro atoms. The lowest BCUT2D eigenvalue weighted by Gasteiger charge is -2.46. The number of aryl methyl sites for hydroxylation is 1. The number of hydrogen-bond donors (Lipinski definition) is 1. The van der Waals surface area contributed by atoms with Crippen molar-refractivity contribution in [2.45, 2.75) is 178 Å². The molecule has 0 radical (unpaired) electrons. The van der Waals surface area contributed by atoms with Gasteiger partial charge in [-0.25, -0.2) is 9.37 Å². The number of nitrogens with one attached hydrogen (secondary N) is 1. The van der Waals surface area contributed by atoms with Crippen LogP contribution < -0.4 is 25.2 Å². The van der Waals surface area contributed by atoms with Crippen LogP contribution in [0.4, 0.5) is 10.2 Å². The summed E-state index contributed by atoms with van der Waals surface area (Å²) in [4.78, 5) is 9.95. The van der Waals surface area contributed by atoms with Gasteiger partial charge >= 0.3 is 6.01 Å². The number of aromatic nitrogens is 3. The molecule has 3 aromatic carbocycles. The van der Waals surface area contributed by atoms with E-state index < -0.39 is 30.8 Å². The number of rotatable bonds is 17. The lowest BCUT2D eigenvalue weighted by molar-refractivity contribution is 0.00687. The molecule has 71 heavy (non-hydrogen) atoms. The van der Waals surface area contributed by atoms with Gasteiger partial charge in [0.15, 0.2) is 20.1 Å². The third kappa shape index (κ3) is 11.1. The Bertz CT molecular complexity index is 2590. The molecule has 11 nitrogen and oxygen atoms in total. The third-order valence-corrected chi connectivity index (χ3v) is 27.2. The number of hydrogen-bond acceptors (Lipinski definition) is 10. The smallest absolute Gasteiger partial charge is 0.301 e. The number of anilines is 1. The van der Waals surface area contributed by atoms with Crippen molar-refractivity contribution < 1.29 is 36.9 Å². The molecular weight excluding hydrogens is 967 g/mol. The lowest BCUT2D eigenvalue weighted by Crippen LogP contribution is -2.67. The summed E-state index contributed by atoms with van der Waals surface area (Å²) in [7, 11) is -6.10. The van der Waals surface area contributed by atoms with Crippen LogP contribution in [0.15, 0.2) is 78.9 Å². The lowest BCUT2D eigenvalue weighted by atomic mass is 9.95.